The fraction of sp³-hybridized carbons (Fsp3) is 0. The Morgan fingerprint density at radius 2 is 0.877 bits per heavy atom. The highest BCUT2D eigenvalue weighted by Crippen LogP contribution is 2.40. The highest BCUT2D eigenvalue weighted by Gasteiger charge is 2.18. The van der Waals surface area contributed by atoms with Crippen LogP contribution in [0.25, 0.3) is 105 Å². The van der Waals surface area contributed by atoms with E-state index in [2.05, 4.69) is 187 Å². The second-order valence-corrected chi connectivity index (χ2v) is 14.4. The SMILES string of the molecule is c1ccc(-c2nc(-c3ccc(-n4c5ccccc5c5ccccc54)cc3)cc(-c3ccc4nc(-c5ccccc5)c5cccc(-c6ccccc6)c5c4c3)n2)cc1. The van der Waals surface area contributed by atoms with Crippen LogP contribution >= 0.6 is 0 Å². The molecule has 0 aliphatic carbocycles. The summed E-state index contributed by atoms with van der Waals surface area (Å²) in [7, 11) is 0. The van der Waals surface area contributed by atoms with Gasteiger partial charge in [-0.2, -0.15) is 0 Å². The van der Waals surface area contributed by atoms with Gasteiger partial charge in [-0.25, -0.2) is 15.0 Å². The van der Waals surface area contributed by atoms with Gasteiger partial charge in [-0.05, 0) is 53.6 Å². The number of fused-ring (bicyclic) bond motifs is 6. The van der Waals surface area contributed by atoms with Crippen LogP contribution in [0.5, 0.6) is 0 Å². The number of pyridine rings is 1. The maximum atomic E-state index is 5.31. The summed E-state index contributed by atoms with van der Waals surface area (Å²) in [6.07, 6.45) is 0. The van der Waals surface area contributed by atoms with Crippen molar-refractivity contribution >= 4 is 43.5 Å². The van der Waals surface area contributed by atoms with Crippen molar-refractivity contribution in [2.75, 3.05) is 0 Å². The number of benzene rings is 8. The Labute approximate surface area is 330 Å². The summed E-state index contributed by atoms with van der Waals surface area (Å²) in [5, 5.41) is 5.86. The summed E-state index contributed by atoms with van der Waals surface area (Å²) in [5.74, 6) is 0.682. The van der Waals surface area contributed by atoms with Gasteiger partial charge in [0.25, 0.3) is 0 Å². The molecule has 4 heteroatoms. The first-order valence-corrected chi connectivity index (χ1v) is 19.3. The summed E-state index contributed by atoms with van der Waals surface area (Å²) >= 11 is 0. The van der Waals surface area contributed by atoms with Crippen molar-refractivity contribution in [2.24, 2.45) is 0 Å². The molecule has 0 spiro atoms. The molecule has 0 bridgehead atoms. The van der Waals surface area contributed by atoms with E-state index < -0.39 is 0 Å². The maximum Gasteiger partial charge on any atom is 0.160 e. The number of aromatic nitrogens is 4. The van der Waals surface area contributed by atoms with Crippen LogP contribution in [0.15, 0.2) is 206 Å². The van der Waals surface area contributed by atoms with Gasteiger partial charge in [0.2, 0.25) is 0 Å². The lowest BCUT2D eigenvalue weighted by atomic mass is 9.92. The van der Waals surface area contributed by atoms with Gasteiger partial charge in [-0.3, -0.25) is 0 Å². The topological polar surface area (TPSA) is 43.6 Å². The van der Waals surface area contributed by atoms with Gasteiger partial charge >= 0.3 is 0 Å². The Kier molecular flexibility index (Phi) is 7.78. The molecule has 11 rings (SSSR count). The standard InChI is InChI=1S/C53H34N4/c1-4-15-35(16-5-1)41-23-14-24-44-51(41)45-33-39(29-32-46(45)54-52(44)37-17-6-2-7-18-37)48-34-47(55-53(56-48)38-19-8-3-9-20-38)36-27-30-40(31-28-36)57-49-25-12-10-21-42(49)43-22-11-13-26-50(43)57/h1-34H. The molecular weight excluding hydrogens is 693 g/mol. The molecule has 0 aliphatic rings. The van der Waals surface area contributed by atoms with Crippen LogP contribution in [0.3, 0.4) is 0 Å². The van der Waals surface area contributed by atoms with Crippen molar-refractivity contribution in [2.45, 2.75) is 0 Å². The molecule has 0 saturated carbocycles. The quantitative estimate of drug-likeness (QED) is 0.160. The average molecular weight is 727 g/mol. The Morgan fingerprint density at radius 1 is 0.333 bits per heavy atom. The summed E-state index contributed by atoms with van der Waals surface area (Å²) in [6.45, 7) is 0. The maximum absolute atomic E-state index is 5.31. The summed E-state index contributed by atoms with van der Waals surface area (Å²) in [4.78, 5) is 15.7. The van der Waals surface area contributed by atoms with E-state index in [9.17, 15) is 0 Å². The molecule has 8 aromatic carbocycles. The van der Waals surface area contributed by atoms with Crippen LogP contribution in [0.2, 0.25) is 0 Å². The van der Waals surface area contributed by atoms with Crippen LogP contribution in [-0.4, -0.2) is 19.5 Å². The predicted octanol–water partition coefficient (Wildman–Crippen LogP) is 13.6. The minimum Gasteiger partial charge on any atom is -0.309 e. The lowest BCUT2D eigenvalue weighted by Crippen LogP contribution is -1.97. The highest BCUT2D eigenvalue weighted by atomic mass is 15.0. The Balaban J connectivity index is 1.09. The Bertz CT molecular complexity index is 3210. The van der Waals surface area contributed by atoms with Crippen molar-refractivity contribution in [3.63, 3.8) is 0 Å². The second kappa shape index (κ2) is 13.6. The average Bonchev–Trinajstić information content (AvgIpc) is 3.63. The van der Waals surface area contributed by atoms with E-state index in [-0.39, 0.29) is 0 Å². The molecule has 4 nitrogen and oxygen atoms in total. The molecule has 0 atom stereocenters. The lowest BCUT2D eigenvalue weighted by Gasteiger charge is -2.15. The molecule has 3 heterocycles. The first kappa shape index (κ1) is 32.7. The predicted molar refractivity (Wildman–Crippen MR) is 236 cm³/mol. The molecule has 0 N–H and O–H groups in total. The summed E-state index contributed by atoms with van der Waals surface area (Å²) in [6, 6.07) is 72.6. The molecule has 0 unspecified atom stereocenters. The molecule has 57 heavy (non-hydrogen) atoms. The smallest absolute Gasteiger partial charge is 0.160 e. The monoisotopic (exact) mass is 726 g/mol. The van der Waals surface area contributed by atoms with Gasteiger partial charge in [0.15, 0.2) is 5.82 Å². The van der Waals surface area contributed by atoms with Crippen molar-refractivity contribution in [1.82, 2.24) is 19.5 Å². The van der Waals surface area contributed by atoms with E-state index in [1.165, 1.54) is 38.3 Å². The number of hydrogen-bond acceptors (Lipinski definition) is 3. The van der Waals surface area contributed by atoms with Gasteiger partial charge in [0.05, 0.1) is 33.6 Å². The zero-order chi connectivity index (χ0) is 37.7. The third-order valence-corrected chi connectivity index (χ3v) is 11.0. The third-order valence-electron chi connectivity index (χ3n) is 11.0. The molecule has 0 radical (unpaired) electrons. The van der Waals surface area contributed by atoms with E-state index in [4.69, 9.17) is 15.0 Å². The largest absolute Gasteiger partial charge is 0.309 e. The lowest BCUT2D eigenvalue weighted by molar-refractivity contribution is 1.17. The van der Waals surface area contributed by atoms with Crippen molar-refractivity contribution < 1.29 is 0 Å². The highest BCUT2D eigenvalue weighted by molar-refractivity contribution is 6.17. The van der Waals surface area contributed by atoms with E-state index in [1.807, 2.05) is 24.3 Å². The normalized spacial score (nSPS) is 11.5. The van der Waals surface area contributed by atoms with E-state index >= 15 is 0 Å². The van der Waals surface area contributed by atoms with Gasteiger partial charge in [-0.1, -0.05) is 164 Å². The van der Waals surface area contributed by atoms with Gasteiger partial charge < -0.3 is 4.57 Å². The van der Waals surface area contributed by atoms with Crippen molar-refractivity contribution in [3.05, 3.63) is 206 Å². The molecule has 11 aromatic rings. The van der Waals surface area contributed by atoms with Crippen molar-refractivity contribution in [3.8, 4) is 62.0 Å². The molecule has 0 saturated heterocycles. The zero-order valence-corrected chi connectivity index (χ0v) is 30.9. The molecule has 266 valence electrons. The van der Waals surface area contributed by atoms with E-state index in [0.717, 1.165) is 61.3 Å². The zero-order valence-electron chi connectivity index (χ0n) is 30.9. The first-order valence-electron chi connectivity index (χ1n) is 19.3. The number of hydrogen-bond donors (Lipinski definition) is 0. The van der Waals surface area contributed by atoms with E-state index in [0.29, 0.717) is 5.82 Å². The summed E-state index contributed by atoms with van der Waals surface area (Å²) < 4.78 is 2.34. The summed E-state index contributed by atoms with van der Waals surface area (Å²) in [5.41, 5.74) is 13.5. The Morgan fingerprint density at radius 3 is 1.54 bits per heavy atom. The molecular formula is C53H34N4. The number of para-hydroxylation sites is 2. The third kappa shape index (κ3) is 5.66. The number of nitrogens with zero attached hydrogens (tertiary/aromatic N) is 4. The Hall–Kier alpha value is -7.69. The fourth-order valence-electron chi connectivity index (χ4n) is 8.33. The van der Waals surface area contributed by atoms with Crippen LogP contribution in [-0.2, 0) is 0 Å². The van der Waals surface area contributed by atoms with Crippen LogP contribution in [0, 0.1) is 0 Å². The van der Waals surface area contributed by atoms with Crippen LogP contribution in [0.1, 0.15) is 0 Å². The van der Waals surface area contributed by atoms with Crippen LogP contribution < -0.4 is 0 Å². The van der Waals surface area contributed by atoms with Gasteiger partial charge in [-0.15, -0.1) is 0 Å². The van der Waals surface area contributed by atoms with Crippen LogP contribution in [0.4, 0.5) is 0 Å². The second-order valence-electron chi connectivity index (χ2n) is 14.4. The molecule has 0 aliphatic heterocycles. The minimum atomic E-state index is 0.682. The first-order chi connectivity index (χ1) is 28.3. The molecule has 3 aromatic heterocycles. The van der Waals surface area contributed by atoms with Gasteiger partial charge in [0, 0.05) is 54.9 Å². The minimum absolute atomic E-state index is 0.682. The van der Waals surface area contributed by atoms with Crippen molar-refractivity contribution in [1.29, 1.82) is 0 Å². The molecule has 0 amide bonds. The molecule has 0 fully saturated rings. The van der Waals surface area contributed by atoms with E-state index in [1.54, 1.807) is 0 Å². The van der Waals surface area contributed by atoms with Gasteiger partial charge in [0.1, 0.15) is 0 Å². The fourth-order valence-corrected chi connectivity index (χ4v) is 8.33. The number of rotatable bonds is 6.